The molecule has 124 valence electrons. The minimum Gasteiger partial charge on any atom is -0.483 e. The Morgan fingerprint density at radius 1 is 1.29 bits per heavy atom. The summed E-state index contributed by atoms with van der Waals surface area (Å²) < 4.78 is 10.7. The molecule has 3 rings (SSSR count). The molecule has 0 saturated carbocycles. The molecule has 2 heterocycles. The van der Waals surface area contributed by atoms with E-state index >= 15 is 0 Å². The van der Waals surface area contributed by atoms with E-state index in [1.54, 1.807) is 0 Å². The van der Waals surface area contributed by atoms with Crippen molar-refractivity contribution in [2.75, 3.05) is 6.61 Å². The molecule has 6 nitrogen and oxygen atoms in total. The Balaban J connectivity index is 1.50. The molecular weight excluding hydrogens is 326 g/mol. The maximum Gasteiger partial charge on any atom is 0.258 e. The molecule has 0 fully saturated rings. The third kappa shape index (κ3) is 3.80. The number of amides is 1. The van der Waals surface area contributed by atoms with Crippen LogP contribution in [0.25, 0.3) is 10.7 Å². The summed E-state index contributed by atoms with van der Waals surface area (Å²) in [7, 11) is 0. The summed E-state index contributed by atoms with van der Waals surface area (Å²) in [6, 6.07) is 9.59. The Hall–Kier alpha value is -2.67. The fourth-order valence-electron chi connectivity index (χ4n) is 2.08. The second-order valence-corrected chi connectivity index (χ2v) is 6.20. The number of thiophene rings is 1. The molecule has 0 atom stereocenters. The molecule has 0 radical (unpaired) electrons. The molecule has 1 N–H and O–H groups in total. The van der Waals surface area contributed by atoms with Gasteiger partial charge in [0.2, 0.25) is 11.7 Å². The average Bonchev–Trinajstić information content (AvgIpc) is 3.25. The van der Waals surface area contributed by atoms with Crippen LogP contribution in [0.15, 0.2) is 40.2 Å². The highest BCUT2D eigenvalue weighted by molar-refractivity contribution is 7.13. The fourth-order valence-corrected chi connectivity index (χ4v) is 2.73. The number of ether oxygens (including phenoxy) is 1. The van der Waals surface area contributed by atoms with E-state index in [2.05, 4.69) is 15.5 Å². The van der Waals surface area contributed by atoms with E-state index in [9.17, 15) is 4.79 Å². The molecule has 0 aliphatic rings. The van der Waals surface area contributed by atoms with Crippen molar-refractivity contribution in [2.45, 2.75) is 20.4 Å². The van der Waals surface area contributed by atoms with Crippen molar-refractivity contribution < 1.29 is 14.1 Å². The van der Waals surface area contributed by atoms with Gasteiger partial charge < -0.3 is 14.6 Å². The summed E-state index contributed by atoms with van der Waals surface area (Å²) in [6.45, 7) is 4.08. The fraction of sp³-hybridized carbons (Fsp3) is 0.235. The molecule has 0 spiro atoms. The van der Waals surface area contributed by atoms with Gasteiger partial charge in [-0.15, -0.1) is 11.3 Å². The second-order valence-electron chi connectivity index (χ2n) is 5.25. The van der Waals surface area contributed by atoms with Gasteiger partial charge in [-0.1, -0.05) is 23.4 Å². The summed E-state index contributed by atoms with van der Waals surface area (Å²) in [5.41, 5.74) is 2.16. The zero-order valence-electron chi connectivity index (χ0n) is 13.4. The molecule has 0 bridgehead atoms. The van der Waals surface area contributed by atoms with Crippen LogP contribution >= 0.6 is 11.3 Å². The second kappa shape index (κ2) is 7.27. The molecule has 0 aliphatic heterocycles. The van der Waals surface area contributed by atoms with Crippen LogP contribution in [0.5, 0.6) is 5.75 Å². The zero-order valence-corrected chi connectivity index (χ0v) is 14.2. The van der Waals surface area contributed by atoms with Crippen molar-refractivity contribution in [3.05, 3.63) is 52.7 Å². The van der Waals surface area contributed by atoms with E-state index in [-0.39, 0.29) is 19.1 Å². The zero-order chi connectivity index (χ0) is 16.9. The van der Waals surface area contributed by atoms with Crippen LogP contribution < -0.4 is 10.1 Å². The van der Waals surface area contributed by atoms with Gasteiger partial charge in [-0.05, 0) is 42.5 Å². The van der Waals surface area contributed by atoms with E-state index in [1.165, 1.54) is 11.3 Å². The molecule has 0 aliphatic carbocycles. The number of nitrogens with one attached hydrogen (secondary N) is 1. The van der Waals surface area contributed by atoms with Gasteiger partial charge in [0, 0.05) is 0 Å². The molecule has 3 aromatic rings. The monoisotopic (exact) mass is 343 g/mol. The van der Waals surface area contributed by atoms with E-state index < -0.39 is 0 Å². The number of rotatable bonds is 6. The first-order valence-corrected chi connectivity index (χ1v) is 8.33. The summed E-state index contributed by atoms with van der Waals surface area (Å²) >= 11 is 1.53. The van der Waals surface area contributed by atoms with Crippen molar-refractivity contribution in [2.24, 2.45) is 0 Å². The summed E-state index contributed by atoms with van der Waals surface area (Å²) in [4.78, 5) is 17.1. The molecule has 0 unspecified atom stereocenters. The number of aromatic nitrogens is 2. The quantitative estimate of drug-likeness (QED) is 0.744. The molecule has 24 heavy (non-hydrogen) atoms. The lowest BCUT2D eigenvalue weighted by atomic mass is 10.1. The first-order valence-electron chi connectivity index (χ1n) is 7.45. The number of nitrogens with zero attached hydrogens (tertiary/aromatic N) is 2. The van der Waals surface area contributed by atoms with E-state index in [0.29, 0.717) is 17.5 Å². The lowest BCUT2D eigenvalue weighted by molar-refractivity contribution is -0.123. The highest BCUT2D eigenvalue weighted by Crippen LogP contribution is 2.21. The van der Waals surface area contributed by atoms with Gasteiger partial charge >= 0.3 is 0 Å². The van der Waals surface area contributed by atoms with Crippen LogP contribution in [0, 0.1) is 13.8 Å². The van der Waals surface area contributed by atoms with Crippen molar-refractivity contribution in [3.8, 4) is 16.5 Å². The predicted octanol–water partition coefficient (Wildman–Crippen LogP) is 3.11. The van der Waals surface area contributed by atoms with Gasteiger partial charge in [0.15, 0.2) is 6.61 Å². The molecule has 7 heteroatoms. The largest absolute Gasteiger partial charge is 0.483 e. The third-order valence-corrected chi connectivity index (χ3v) is 4.43. The number of aryl methyl sites for hydroxylation is 1. The molecule has 0 saturated heterocycles. The normalized spacial score (nSPS) is 10.6. The molecule has 1 aromatic carbocycles. The maximum atomic E-state index is 11.9. The van der Waals surface area contributed by atoms with Gasteiger partial charge in [-0.3, -0.25) is 4.79 Å². The van der Waals surface area contributed by atoms with Gasteiger partial charge in [0.05, 0.1) is 11.4 Å². The molecular formula is C17H17N3O3S. The van der Waals surface area contributed by atoms with Crippen LogP contribution in [0.4, 0.5) is 0 Å². The van der Waals surface area contributed by atoms with Gasteiger partial charge in [0.25, 0.3) is 5.91 Å². The standard InChI is InChI=1S/C17H17N3O3S/c1-11-5-3-6-13(12(11)2)22-10-15(21)18-9-16-19-17(20-23-16)14-7-4-8-24-14/h3-8H,9-10H2,1-2H3,(H,18,21). The Morgan fingerprint density at radius 3 is 2.96 bits per heavy atom. The third-order valence-electron chi connectivity index (χ3n) is 3.56. The Labute approximate surface area is 143 Å². The first kappa shape index (κ1) is 16.2. The molecule has 1 amide bonds. The minimum absolute atomic E-state index is 0.0593. The first-order chi connectivity index (χ1) is 11.6. The number of carbonyl (C=O) groups is 1. The van der Waals surface area contributed by atoms with Crippen LogP contribution in [0.1, 0.15) is 17.0 Å². The highest BCUT2D eigenvalue weighted by atomic mass is 32.1. The van der Waals surface area contributed by atoms with Crippen LogP contribution in [-0.2, 0) is 11.3 Å². The van der Waals surface area contributed by atoms with E-state index in [1.807, 2.05) is 49.6 Å². The Kier molecular flexibility index (Phi) is 4.90. The van der Waals surface area contributed by atoms with E-state index in [4.69, 9.17) is 9.26 Å². The lowest BCUT2D eigenvalue weighted by Gasteiger charge is -2.10. The minimum atomic E-state index is -0.244. The number of carbonyl (C=O) groups excluding carboxylic acids is 1. The van der Waals surface area contributed by atoms with E-state index in [0.717, 1.165) is 16.0 Å². The van der Waals surface area contributed by atoms with Gasteiger partial charge in [-0.2, -0.15) is 4.98 Å². The summed E-state index contributed by atoms with van der Waals surface area (Å²) in [5.74, 6) is 1.36. The van der Waals surface area contributed by atoms with Gasteiger partial charge in [0.1, 0.15) is 5.75 Å². The SMILES string of the molecule is Cc1cccc(OCC(=O)NCc2nc(-c3cccs3)no2)c1C. The van der Waals surface area contributed by atoms with Crippen molar-refractivity contribution in [3.63, 3.8) is 0 Å². The smallest absolute Gasteiger partial charge is 0.258 e. The average molecular weight is 343 g/mol. The summed E-state index contributed by atoms with van der Waals surface area (Å²) in [5, 5.41) is 8.54. The van der Waals surface area contributed by atoms with Crippen molar-refractivity contribution >= 4 is 17.2 Å². The van der Waals surface area contributed by atoms with Crippen molar-refractivity contribution in [1.29, 1.82) is 0 Å². The van der Waals surface area contributed by atoms with Crippen LogP contribution in [0.3, 0.4) is 0 Å². The maximum absolute atomic E-state index is 11.9. The number of hydrogen-bond donors (Lipinski definition) is 1. The van der Waals surface area contributed by atoms with Crippen LogP contribution in [0.2, 0.25) is 0 Å². The lowest BCUT2D eigenvalue weighted by Crippen LogP contribution is -2.28. The topological polar surface area (TPSA) is 77.2 Å². The number of hydrogen-bond acceptors (Lipinski definition) is 6. The highest BCUT2D eigenvalue weighted by Gasteiger charge is 2.11. The van der Waals surface area contributed by atoms with Crippen LogP contribution in [-0.4, -0.2) is 22.7 Å². The Bertz CT molecular complexity index is 827. The van der Waals surface area contributed by atoms with Gasteiger partial charge in [-0.25, -0.2) is 0 Å². The Morgan fingerprint density at radius 2 is 2.17 bits per heavy atom. The summed E-state index contributed by atoms with van der Waals surface area (Å²) in [6.07, 6.45) is 0. The van der Waals surface area contributed by atoms with Crippen molar-refractivity contribution in [1.82, 2.24) is 15.5 Å². The molecule has 2 aromatic heterocycles. The predicted molar refractivity (Wildman–Crippen MR) is 90.9 cm³/mol. The number of benzene rings is 1.